The van der Waals surface area contributed by atoms with E-state index in [-0.39, 0.29) is 5.69 Å². The van der Waals surface area contributed by atoms with Crippen molar-refractivity contribution < 1.29 is 4.74 Å². The first-order valence-corrected chi connectivity index (χ1v) is 5.78. The summed E-state index contributed by atoms with van der Waals surface area (Å²) in [5.41, 5.74) is 6.29. The van der Waals surface area contributed by atoms with Gasteiger partial charge in [0.2, 0.25) is 0 Å². The van der Waals surface area contributed by atoms with Crippen LogP contribution in [0.4, 0.5) is 11.5 Å². The largest absolute Gasteiger partial charge is 0.396 e. The van der Waals surface area contributed by atoms with Crippen molar-refractivity contribution in [1.82, 2.24) is 4.98 Å². The summed E-state index contributed by atoms with van der Waals surface area (Å²) in [7, 11) is 0. The summed E-state index contributed by atoms with van der Waals surface area (Å²) in [6, 6.07) is 5.46. The second-order valence-corrected chi connectivity index (χ2v) is 4.21. The van der Waals surface area contributed by atoms with Gasteiger partial charge in [0.05, 0.1) is 12.3 Å². The number of nitrogens with two attached hydrogens (primary N) is 1. The lowest BCUT2D eigenvalue weighted by molar-refractivity contribution is 0.0595. The zero-order valence-electron chi connectivity index (χ0n) is 9.65. The highest BCUT2D eigenvalue weighted by Gasteiger charge is 2.13. The van der Waals surface area contributed by atoms with E-state index < -0.39 is 0 Å². The number of ether oxygens (including phenoxy) is 1. The Morgan fingerprint density at radius 1 is 1.59 bits per heavy atom. The van der Waals surface area contributed by atoms with Crippen LogP contribution in [0.3, 0.4) is 0 Å². The van der Waals surface area contributed by atoms with Crippen LogP contribution < -0.4 is 11.1 Å². The van der Waals surface area contributed by atoms with Gasteiger partial charge in [0.15, 0.2) is 5.69 Å². The maximum Gasteiger partial charge on any atom is 0.165 e. The van der Waals surface area contributed by atoms with Gasteiger partial charge in [-0.2, -0.15) is 5.26 Å². The van der Waals surface area contributed by atoms with Gasteiger partial charge >= 0.3 is 0 Å². The summed E-state index contributed by atoms with van der Waals surface area (Å²) >= 11 is 0. The summed E-state index contributed by atoms with van der Waals surface area (Å²) in [6.45, 7) is 2.49. The molecule has 0 aromatic carbocycles. The van der Waals surface area contributed by atoms with Crippen LogP contribution in [-0.4, -0.2) is 24.7 Å². The monoisotopic (exact) mass is 232 g/mol. The van der Waals surface area contributed by atoms with E-state index in [1.165, 1.54) is 6.42 Å². The number of hydrogen-bond acceptors (Lipinski definition) is 5. The number of aromatic nitrogens is 1. The zero-order valence-corrected chi connectivity index (χ0v) is 9.65. The van der Waals surface area contributed by atoms with Gasteiger partial charge in [-0.1, -0.05) is 0 Å². The van der Waals surface area contributed by atoms with Crippen LogP contribution in [0, 0.1) is 17.2 Å². The van der Waals surface area contributed by atoms with Gasteiger partial charge in [-0.25, -0.2) is 4.98 Å². The van der Waals surface area contributed by atoms with E-state index >= 15 is 0 Å². The lowest BCUT2D eigenvalue weighted by atomic mass is 10.0. The number of pyridine rings is 1. The minimum Gasteiger partial charge on any atom is -0.396 e. The Balaban J connectivity index is 1.92. The summed E-state index contributed by atoms with van der Waals surface area (Å²) < 4.78 is 5.40. The van der Waals surface area contributed by atoms with E-state index in [0.29, 0.717) is 17.4 Å². The van der Waals surface area contributed by atoms with E-state index in [0.717, 1.165) is 26.2 Å². The molecular formula is C12H16N4O. The van der Waals surface area contributed by atoms with Gasteiger partial charge in [-0.15, -0.1) is 0 Å². The molecule has 0 spiro atoms. The first kappa shape index (κ1) is 11.7. The van der Waals surface area contributed by atoms with Crippen LogP contribution in [-0.2, 0) is 4.74 Å². The lowest BCUT2D eigenvalue weighted by Crippen LogP contribution is -2.24. The highest BCUT2D eigenvalue weighted by atomic mass is 16.5. The molecular weight excluding hydrogens is 216 g/mol. The molecule has 0 radical (unpaired) electrons. The van der Waals surface area contributed by atoms with Crippen LogP contribution >= 0.6 is 0 Å². The Labute approximate surface area is 101 Å². The lowest BCUT2D eigenvalue weighted by Gasteiger charge is -2.22. The zero-order chi connectivity index (χ0) is 12.1. The molecule has 17 heavy (non-hydrogen) atoms. The normalized spacial score (nSPS) is 19.6. The third-order valence-corrected chi connectivity index (χ3v) is 2.86. The molecule has 0 bridgehead atoms. The molecule has 1 aromatic heterocycles. The van der Waals surface area contributed by atoms with Crippen LogP contribution in [0.15, 0.2) is 12.1 Å². The molecule has 3 N–H and O–H groups in total. The minimum absolute atomic E-state index is 0.273. The van der Waals surface area contributed by atoms with E-state index in [1.807, 2.05) is 6.07 Å². The summed E-state index contributed by atoms with van der Waals surface area (Å²) in [5, 5.41) is 12.0. The number of nitrogens with zero attached hydrogens (tertiary/aromatic N) is 2. The van der Waals surface area contributed by atoms with Crippen LogP contribution in [0.25, 0.3) is 0 Å². The number of nitrogen functional groups attached to an aromatic ring is 1. The van der Waals surface area contributed by atoms with E-state index in [9.17, 15) is 0 Å². The SMILES string of the molecule is N#Cc1nc(NCC2CCCOC2)ccc1N. The molecule has 1 aliphatic rings. The van der Waals surface area contributed by atoms with Crippen molar-refractivity contribution in [3.63, 3.8) is 0 Å². The average Bonchev–Trinajstić information content (AvgIpc) is 2.39. The van der Waals surface area contributed by atoms with Gasteiger partial charge in [0.25, 0.3) is 0 Å². The highest BCUT2D eigenvalue weighted by molar-refractivity contribution is 5.54. The van der Waals surface area contributed by atoms with Crippen LogP contribution in [0.1, 0.15) is 18.5 Å². The Kier molecular flexibility index (Phi) is 3.78. The van der Waals surface area contributed by atoms with Crippen molar-refractivity contribution in [1.29, 1.82) is 5.26 Å². The molecule has 2 rings (SSSR count). The van der Waals surface area contributed by atoms with E-state index in [4.69, 9.17) is 15.7 Å². The van der Waals surface area contributed by atoms with Gasteiger partial charge in [-0.3, -0.25) is 0 Å². The van der Waals surface area contributed by atoms with Crippen molar-refractivity contribution in [3.8, 4) is 6.07 Å². The Morgan fingerprint density at radius 2 is 2.47 bits per heavy atom. The molecule has 0 aliphatic carbocycles. The maximum absolute atomic E-state index is 8.82. The van der Waals surface area contributed by atoms with Crippen LogP contribution in [0.5, 0.6) is 0 Å². The van der Waals surface area contributed by atoms with Crippen molar-refractivity contribution in [3.05, 3.63) is 17.8 Å². The first-order valence-electron chi connectivity index (χ1n) is 5.78. The Bertz CT molecular complexity index is 421. The minimum atomic E-state index is 0.273. The highest BCUT2D eigenvalue weighted by Crippen LogP contribution is 2.16. The molecule has 5 nitrogen and oxygen atoms in total. The molecule has 1 atom stereocenters. The summed E-state index contributed by atoms with van der Waals surface area (Å²) in [6.07, 6.45) is 2.29. The molecule has 1 fully saturated rings. The van der Waals surface area contributed by atoms with Crippen molar-refractivity contribution in [2.24, 2.45) is 5.92 Å². The predicted octanol–water partition coefficient (Wildman–Crippen LogP) is 1.37. The molecule has 90 valence electrons. The van der Waals surface area contributed by atoms with Crippen molar-refractivity contribution in [2.45, 2.75) is 12.8 Å². The van der Waals surface area contributed by atoms with Crippen molar-refractivity contribution >= 4 is 11.5 Å². The number of rotatable bonds is 3. The fourth-order valence-corrected chi connectivity index (χ4v) is 1.88. The fraction of sp³-hybridized carbons (Fsp3) is 0.500. The first-order chi connectivity index (χ1) is 8.29. The third-order valence-electron chi connectivity index (χ3n) is 2.86. The smallest absolute Gasteiger partial charge is 0.165 e. The molecule has 1 unspecified atom stereocenters. The molecule has 1 aromatic rings. The standard InChI is InChI=1S/C12H16N4O/c13-6-11-10(14)3-4-12(16-11)15-7-9-2-1-5-17-8-9/h3-4,9H,1-2,5,7-8,14H2,(H,15,16). The maximum atomic E-state index is 8.82. The number of anilines is 2. The second-order valence-electron chi connectivity index (χ2n) is 4.21. The van der Waals surface area contributed by atoms with Gasteiger partial charge in [0.1, 0.15) is 11.9 Å². The van der Waals surface area contributed by atoms with E-state index in [2.05, 4.69) is 10.3 Å². The van der Waals surface area contributed by atoms with Crippen LogP contribution in [0.2, 0.25) is 0 Å². The average molecular weight is 232 g/mol. The van der Waals surface area contributed by atoms with Gasteiger partial charge in [-0.05, 0) is 30.9 Å². The second kappa shape index (κ2) is 5.51. The summed E-state index contributed by atoms with van der Waals surface area (Å²) in [5.74, 6) is 1.22. The Hall–Kier alpha value is -1.80. The molecule has 0 amide bonds. The van der Waals surface area contributed by atoms with Gasteiger partial charge < -0.3 is 15.8 Å². The number of nitrogens with one attached hydrogen (secondary N) is 1. The number of hydrogen-bond donors (Lipinski definition) is 2. The quantitative estimate of drug-likeness (QED) is 0.822. The topological polar surface area (TPSA) is 84.0 Å². The molecule has 2 heterocycles. The van der Waals surface area contributed by atoms with Gasteiger partial charge in [0, 0.05) is 13.2 Å². The summed E-state index contributed by atoms with van der Waals surface area (Å²) in [4.78, 5) is 4.14. The number of nitriles is 1. The molecule has 1 aliphatic heterocycles. The fourth-order valence-electron chi connectivity index (χ4n) is 1.88. The third kappa shape index (κ3) is 3.08. The van der Waals surface area contributed by atoms with E-state index in [1.54, 1.807) is 12.1 Å². The molecule has 5 heteroatoms. The molecule has 0 saturated carbocycles. The van der Waals surface area contributed by atoms with Crippen molar-refractivity contribution in [2.75, 3.05) is 30.8 Å². The molecule has 1 saturated heterocycles. The Morgan fingerprint density at radius 3 is 3.18 bits per heavy atom. The predicted molar refractivity (Wildman–Crippen MR) is 65.4 cm³/mol.